The highest BCUT2D eigenvalue weighted by molar-refractivity contribution is 5.76. The summed E-state index contributed by atoms with van der Waals surface area (Å²) in [5, 5.41) is 12.7. The zero-order valence-electron chi connectivity index (χ0n) is 14.2. The number of nitriles is 1. The highest BCUT2D eigenvalue weighted by Gasteiger charge is 2.22. The SMILES string of the molecule is COC(=O)[C@@H](NCc1ccc(-c2ccccc2)c(C#N)c1)C(C)C. The zero-order valence-corrected chi connectivity index (χ0v) is 14.2. The van der Waals surface area contributed by atoms with E-state index in [-0.39, 0.29) is 17.9 Å². The smallest absolute Gasteiger partial charge is 0.323 e. The topological polar surface area (TPSA) is 62.1 Å². The van der Waals surface area contributed by atoms with Crippen molar-refractivity contribution < 1.29 is 9.53 Å². The average Bonchev–Trinajstić information content (AvgIpc) is 2.61. The second-order valence-electron chi connectivity index (χ2n) is 5.98. The predicted molar refractivity (Wildman–Crippen MR) is 94.1 cm³/mol. The first-order valence-electron chi connectivity index (χ1n) is 7.96. The first-order chi connectivity index (χ1) is 11.6. The van der Waals surface area contributed by atoms with Crippen LogP contribution in [0.25, 0.3) is 11.1 Å². The van der Waals surface area contributed by atoms with Crippen LogP contribution in [-0.2, 0) is 16.1 Å². The van der Waals surface area contributed by atoms with Crippen molar-refractivity contribution in [1.29, 1.82) is 5.26 Å². The van der Waals surface area contributed by atoms with Gasteiger partial charge >= 0.3 is 5.97 Å². The molecule has 0 radical (unpaired) electrons. The second-order valence-corrected chi connectivity index (χ2v) is 5.98. The van der Waals surface area contributed by atoms with E-state index in [0.717, 1.165) is 16.7 Å². The summed E-state index contributed by atoms with van der Waals surface area (Å²) in [5.74, 6) is -0.150. The number of ether oxygens (including phenoxy) is 1. The van der Waals surface area contributed by atoms with Crippen LogP contribution in [0.2, 0.25) is 0 Å². The van der Waals surface area contributed by atoms with E-state index < -0.39 is 0 Å². The van der Waals surface area contributed by atoms with E-state index in [1.807, 2.05) is 62.4 Å². The molecule has 4 heteroatoms. The maximum Gasteiger partial charge on any atom is 0.323 e. The fourth-order valence-electron chi connectivity index (χ4n) is 2.61. The fourth-order valence-corrected chi connectivity index (χ4v) is 2.61. The van der Waals surface area contributed by atoms with E-state index in [9.17, 15) is 10.1 Å². The van der Waals surface area contributed by atoms with Crippen molar-refractivity contribution in [3.63, 3.8) is 0 Å². The van der Waals surface area contributed by atoms with Gasteiger partial charge in [-0.1, -0.05) is 56.3 Å². The van der Waals surface area contributed by atoms with Gasteiger partial charge in [0.05, 0.1) is 18.7 Å². The van der Waals surface area contributed by atoms with E-state index in [2.05, 4.69) is 11.4 Å². The molecule has 0 aliphatic heterocycles. The third-order valence-corrected chi connectivity index (χ3v) is 3.94. The van der Waals surface area contributed by atoms with Gasteiger partial charge in [0.15, 0.2) is 0 Å². The van der Waals surface area contributed by atoms with Crippen LogP contribution >= 0.6 is 0 Å². The quantitative estimate of drug-likeness (QED) is 0.827. The van der Waals surface area contributed by atoms with Crippen molar-refractivity contribution in [1.82, 2.24) is 5.32 Å². The molecule has 0 bridgehead atoms. The number of hydrogen-bond acceptors (Lipinski definition) is 4. The van der Waals surface area contributed by atoms with Gasteiger partial charge in [-0.25, -0.2) is 0 Å². The molecule has 0 aliphatic carbocycles. The lowest BCUT2D eigenvalue weighted by Gasteiger charge is -2.20. The van der Waals surface area contributed by atoms with Crippen LogP contribution in [0.3, 0.4) is 0 Å². The van der Waals surface area contributed by atoms with E-state index in [4.69, 9.17) is 4.74 Å². The molecule has 0 heterocycles. The molecule has 0 aromatic heterocycles. The minimum atomic E-state index is -0.366. The molecule has 0 aliphatic rings. The molecule has 0 saturated heterocycles. The Hall–Kier alpha value is -2.64. The highest BCUT2D eigenvalue weighted by Crippen LogP contribution is 2.24. The van der Waals surface area contributed by atoms with Gasteiger partial charge in [0.2, 0.25) is 0 Å². The molecule has 0 spiro atoms. The second kappa shape index (κ2) is 8.28. The molecule has 0 amide bonds. The molecule has 124 valence electrons. The Kier molecular flexibility index (Phi) is 6.11. The number of esters is 1. The van der Waals surface area contributed by atoms with Gasteiger partial charge in [0.1, 0.15) is 6.04 Å². The van der Waals surface area contributed by atoms with Crippen molar-refractivity contribution in [2.24, 2.45) is 5.92 Å². The van der Waals surface area contributed by atoms with Crippen molar-refractivity contribution in [2.45, 2.75) is 26.4 Å². The van der Waals surface area contributed by atoms with Crippen LogP contribution in [0.4, 0.5) is 0 Å². The number of carbonyl (C=O) groups excluding carboxylic acids is 1. The summed E-state index contributed by atoms with van der Waals surface area (Å²) in [6, 6.07) is 17.5. The molecule has 1 atom stereocenters. The molecule has 2 rings (SSSR count). The van der Waals surface area contributed by atoms with E-state index in [1.54, 1.807) is 0 Å². The Bertz CT molecular complexity index is 733. The van der Waals surface area contributed by atoms with Crippen molar-refractivity contribution in [2.75, 3.05) is 7.11 Å². The normalized spacial score (nSPS) is 11.8. The van der Waals surface area contributed by atoms with Crippen molar-refractivity contribution in [3.8, 4) is 17.2 Å². The third-order valence-electron chi connectivity index (χ3n) is 3.94. The van der Waals surface area contributed by atoms with Crippen molar-refractivity contribution >= 4 is 5.97 Å². The summed E-state index contributed by atoms with van der Waals surface area (Å²) in [5.41, 5.74) is 3.51. The number of carbonyl (C=O) groups is 1. The number of hydrogen-bond donors (Lipinski definition) is 1. The standard InChI is InChI=1S/C20H22N2O2/c1-14(2)19(20(23)24-3)22-13-15-9-10-18(17(11-15)12-21)16-7-5-4-6-8-16/h4-11,14,19,22H,13H2,1-3H3/t19-/m0/s1. The largest absolute Gasteiger partial charge is 0.468 e. The minimum absolute atomic E-state index is 0.122. The predicted octanol–water partition coefficient (Wildman–Crippen LogP) is 3.51. The maximum atomic E-state index is 11.8. The Morgan fingerprint density at radius 2 is 1.92 bits per heavy atom. The monoisotopic (exact) mass is 322 g/mol. The zero-order chi connectivity index (χ0) is 17.5. The Morgan fingerprint density at radius 3 is 2.50 bits per heavy atom. The van der Waals surface area contributed by atoms with Crippen LogP contribution in [0.15, 0.2) is 48.5 Å². The van der Waals surface area contributed by atoms with Crippen LogP contribution in [-0.4, -0.2) is 19.1 Å². The number of rotatable bonds is 6. The summed E-state index contributed by atoms with van der Waals surface area (Å²) in [7, 11) is 1.39. The third kappa shape index (κ3) is 4.21. The van der Waals surface area contributed by atoms with Gasteiger partial charge in [-0.15, -0.1) is 0 Å². The molecule has 4 nitrogen and oxygen atoms in total. The molecule has 2 aromatic rings. The highest BCUT2D eigenvalue weighted by atomic mass is 16.5. The first kappa shape index (κ1) is 17.7. The van der Waals surface area contributed by atoms with Gasteiger partial charge in [-0.2, -0.15) is 5.26 Å². The molecular weight excluding hydrogens is 300 g/mol. The van der Waals surface area contributed by atoms with Gasteiger partial charge < -0.3 is 10.1 Å². The Balaban J connectivity index is 2.18. The first-order valence-corrected chi connectivity index (χ1v) is 7.96. The lowest BCUT2D eigenvalue weighted by Crippen LogP contribution is -2.41. The fraction of sp³-hybridized carbons (Fsp3) is 0.300. The molecular formula is C20H22N2O2. The van der Waals surface area contributed by atoms with E-state index in [0.29, 0.717) is 12.1 Å². The number of nitrogens with zero attached hydrogens (tertiary/aromatic N) is 1. The average molecular weight is 322 g/mol. The lowest BCUT2D eigenvalue weighted by molar-refractivity contribution is -0.144. The van der Waals surface area contributed by atoms with E-state index >= 15 is 0 Å². The minimum Gasteiger partial charge on any atom is -0.468 e. The van der Waals surface area contributed by atoms with Crippen molar-refractivity contribution in [3.05, 3.63) is 59.7 Å². The maximum absolute atomic E-state index is 11.8. The van der Waals surface area contributed by atoms with Crippen LogP contribution in [0, 0.1) is 17.2 Å². The van der Waals surface area contributed by atoms with Gasteiger partial charge in [-0.3, -0.25) is 4.79 Å². The summed E-state index contributed by atoms with van der Waals surface area (Å²) in [6.07, 6.45) is 0. The molecule has 1 N–H and O–H groups in total. The molecule has 0 unspecified atom stereocenters. The van der Waals surface area contributed by atoms with E-state index in [1.165, 1.54) is 7.11 Å². The number of benzene rings is 2. The number of nitrogens with one attached hydrogen (secondary N) is 1. The summed E-state index contributed by atoms with van der Waals surface area (Å²) in [6.45, 7) is 4.43. The lowest BCUT2D eigenvalue weighted by atomic mass is 9.98. The molecule has 24 heavy (non-hydrogen) atoms. The van der Waals surface area contributed by atoms with Gasteiger partial charge in [0, 0.05) is 6.54 Å². The summed E-state index contributed by atoms with van der Waals surface area (Å²) in [4.78, 5) is 11.8. The summed E-state index contributed by atoms with van der Waals surface area (Å²) < 4.78 is 4.83. The number of methoxy groups -OCH3 is 1. The van der Waals surface area contributed by atoms with Crippen LogP contribution < -0.4 is 5.32 Å². The Morgan fingerprint density at radius 1 is 1.21 bits per heavy atom. The van der Waals surface area contributed by atoms with Gasteiger partial charge in [0.25, 0.3) is 0 Å². The Labute approximate surface area is 143 Å². The molecule has 2 aromatic carbocycles. The van der Waals surface area contributed by atoms with Crippen LogP contribution in [0.5, 0.6) is 0 Å². The summed E-state index contributed by atoms with van der Waals surface area (Å²) >= 11 is 0. The molecule has 0 saturated carbocycles. The molecule has 0 fully saturated rings. The van der Waals surface area contributed by atoms with Gasteiger partial charge in [-0.05, 0) is 28.7 Å². The van der Waals surface area contributed by atoms with Crippen LogP contribution in [0.1, 0.15) is 25.0 Å².